The van der Waals surface area contributed by atoms with Crippen LogP contribution in [-0.2, 0) is 4.79 Å². The van der Waals surface area contributed by atoms with Gasteiger partial charge in [-0.2, -0.15) is 4.98 Å². The average molecular weight is 344 g/mol. The Hall–Kier alpha value is -2.12. The van der Waals surface area contributed by atoms with Crippen LogP contribution in [0, 0.1) is 5.92 Å². The molecule has 2 aliphatic heterocycles. The lowest BCUT2D eigenvalue weighted by molar-refractivity contribution is -0.139. The second-order valence-corrected chi connectivity index (χ2v) is 7.12. The number of likely N-dealkylation sites (tertiary alicyclic amines) is 1. The fraction of sp³-hybridized carbons (Fsp3) is 0.556. The summed E-state index contributed by atoms with van der Waals surface area (Å²) in [7, 11) is 0. The number of amides is 1. The van der Waals surface area contributed by atoms with Crippen LogP contribution in [0.5, 0.6) is 0 Å². The molecule has 2 saturated heterocycles. The zero-order valence-electron chi connectivity index (χ0n) is 14.2. The molecule has 134 valence electrons. The van der Waals surface area contributed by atoms with Gasteiger partial charge in [-0.3, -0.25) is 4.79 Å². The minimum absolute atomic E-state index is 0.0156. The summed E-state index contributed by atoms with van der Waals surface area (Å²) >= 11 is 0. The van der Waals surface area contributed by atoms with Gasteiger partial charge in [0.2, 0.25) is 5.91 Å². The van der Waals surface area contributed by atoms with Gasteiger partial charge in [0.25, 0.3) is 6.01 Å². The molecule has 0 saturated carbocycles. The molecule has 0 aliphatic carbocycles. The highest BCUT2D eigenvalue weighted by atomic mass is 16.4. The van der Waals surface area contributed by atoms with Crippen molar-refractivity contribution in [2.45, 2.75) is 31.4 Å². The van der Waals surface area contributed by atoms with Crippen LogP contribution in [-0.4, -0.2) is 59.2 Å². The topological polar surface area (TPSA) is 95.8 Å². The Morgan fingerprint density at radius 3 is 2.72 bits per heavy atom. The molecular weight excluding hydrogens is 320 g/mol. The van der Waals surface area contributed by atoms with Gasteiger partial charge >= 0.3 is 0 Å². The number of aliphatic hydroxyl groups excluding tert-OH is 1. The van der Waals surface area contributed by atoms with E-state index in [1.165, 1.54) is 0 Å². The number of β-amino-alcohol motifs (C(OH)–C–C–N with tert-alkyl or cyclic N) is 1. The van der Waals surface area contributed by atoms with Crippen molar-refractivity contribution in [2.75, 3.05) is 31.1 Å². The number of carbonyl (C=O) groups excluding carboxylic acids is 1. The summed E-state index contributed by atoms with van der Waals surface area (Å²) in [5, 5.41) is 9.85. The predicted molar refractivity (Wildman–Crippen MR) is 94.1 cm³/mol. The van der Waals surface area contributed by atoms with Gasteiger partial charge in [-0.15, -0.1) is 0 Å². The second-order valence-electron chi connectivity index (χ2n) is 7.12. The van der Waals surface area contributed by atoms with Crippen LogP contribution < -0.4 is 10.6 Å². The maximum Gasteiger partial charge on any atom is 0.298 e. The number of aliphatic hydroxyl groups is 1. The quantitative estimate of drug-likeness (QED) is 0.843. The number of carbonyl (C=O) groups is 1. The van der Waals surface area contributed by atoms with Crippen LogP contribution in [0.4, 0.5) is 6.01 Å². The molecule has 7 heteroatoms. The first-order chi connectivity index (χ1) is 12.1. The lowest BCUT2D eigenvalue weighted by Gasteiger charge is -2.38. The largest absolute Gasteiger partial charge is 0.423 e. The van der Waals surface area contributed by atoms with Crippen LogP contribution >= 0.6 is 0 Å². The molecule has 2 aliphatic rings. The third-order valence-electron chi connectivity index (χ3n) is 5.17. The molecule has 25 heavy (non-hydrogen) atoms. The summed E-state index contributed by atoms with van der Waals surface area (Å²) in [5.74, 6) is 0.101. The Labute approximate surface area is 146 Å². The normalized spacial score (nSPS) is 25.5. The summed E-state index contributed by atoms with van der Waals surface area (Å²) in [6.45, 7) is 2.43. The standard InChI is InChI=1S/C18H24N4O3/c19-13-9-14(23)11-22(10-13)17(24)12-5-7-21(8-6-12)18-20-15-3-1-2-4-16(15)25-18/h1-4,12-14,23H,5-11,19H2. The van der Waals surface area contributed by atoms with Gasteiger partial charge < -0.3 is 25.1 Å². The SMILES string of the molecule is NC1CC(O)CN(C(=O)C2CCN(c3nc4ccccc4o3)CC2)C1. The first kappa shape index (κ1) is 16.4. The summed E-state index contributed by atoms with van der Waals surface area (Å²) in [5.41, 5.74) is 7.57. The van der Waals surface area contributed by atoms with Crippen molar-refractivity contribution in [2.24, 2.45) is 11.7 Å². The molecule has 0 radical (unpaired) electrons. The van der Waals surface area contributed by atoms with Crippen molar-refractivity contribution in [3.63, 3.8) is 0 Å². The molecular formula is C18H24N4O3. The van der Waals surface area contributed by atoms with E-state index in [0.717, 1.165) is 37.0 Å². The minimum Gasteiger partial charge on any atom is -0.423 e. The van der Waals surface area contributed by atoms with Gasteiger partial charge in [-0.05, 0) is 31.4 Å². The minimum atomic E-state index is -0.507. The number of oxazole rings is 1. The Balaban J connectivity index is 1.38. The van der Waals surface area contributed by atoms with Crippen molar-refractivity contribution < 1.29 is 14.3 Å². The van der Waals surface area contributed by atoms with Crippen LogP contribution in [0.15, 0.2) is 28.7 Å². The fourth-order valence-electron chi connectivity index (χ4n) is 3.86. The average Bonchev–Trinajstić information content (AvgIpc) is 3.04. The summed E-state index contributed by atoms with van der Waals surface area (Å²) in [6, 6.07) is 8.21. The van der Waals surface area contributed by atoms with E-state index in [2.05, 4.69) is 9.88 Å². The molecule has 0 spiro atoms. The number of piperidine rings is 2. The first-order valence-electron chi connectivity index (χ1n) is 8.93. The highest BCUT2D eigenvalue weighted by molar-refractivity contribution is 5.79. The van der Waals surface area contributed by atoms with Crippen molar-refractivity contribution in [1.29, 1.82) is 0 Å². The number of hydrogen-bond donors (Lipinski definition) is 2. The highest BCUT2D eigenvalue weighted by Crippen LogP contribution is 2.27. The second kappa shape index (κ2) is 6.65. The molecule has 3 N–H and O–H groups in total. The van der Waals surface area contributed by atoms with Crippen molar-refractivity contribution in [3.8, 4) is 0 Å². The zero-order chi connectivity index (χ0) is 17.4. The van der Waals surface area contributed by atoms with E-state index >= 15 is 0 Å². The summed E-state index contributed by atoms with van der Waals surface area (Å²) in [6.07, 6.45) is 1.59. The lowest BCUT2D eigenvalue weighted by Crippen LogP contribution is -2.53. The van der Waals surface area contributed by atoms with Gasteiger partial charge in [-0.25, -0.2) is 0 Å². The van der Waals surface area contributed by atoms with Gasteiger partial charge in [0.1, 0.15) is 5.52 Å². The monoisotopic (exact) mass is 344 g/mol. The molecule has 2 fully saturated rings. The third kappa shape index (κ3) is 3.34. The van der Waals surface area contributed by atoms with Gasteiger partial charge in [0, 0.05) is 38.1 Å². The van der Waals surface area contributed by atoms with Crippen molar-refractivity contribution >= 4 is 23.0 Å². The number of nitrogens with zero attached hydrogens (tertiary/aromatic N) is 3. The Kier molecular flexibility index (Phi) is 4.35. The fourth-order valence-corrected chi connectivity index (χ4v) is 3.86. The number of benzene rings is 1. The molecule has 0 bridgehead atoms. The Morgan fingerprint density at radius 2 is 2.00 bits per heavy atom. The highest BCUT2D eigenvalue weighted by Gasteiger charge is 2.33. The molecule has 2 unspecified atom stereocenters. The number of rotatable bonds is 2. The smallest absolute Gasteiger partial charge is 0.298 e. The maximum absolute atomic E-state index is 12.7. The molecule has 2 aromatic rings. The van der Waals surface area contributed by atoms with E-state index in [0.29, 0.717) is 25.5 Å². The van der Waals surface area contributed by atoms with Crippen LogP contribution in [0.2, 0.25) is 0 Å². The van der Waals surface area contributed by atoms with Crippen molar-refractivity contribution in [3.05, 3.63) is 24.3 Å². The van der Waals surface area contributed by atoms with E-state index in [9.17, 15) is 9.90 Å². The molecule has 1 aromatic heterocycles. The molecule has 4 rings (SSSR count). The van der Waals surface area contributed by atoms with E-state index in [1.54, 1.807) is 4.90 Å². The summed E-state index contributed by atoms with van der Waals surface area (Å²) < 4.78 is 5.82. The van der Waals surface area contributed by atoms with Crippen LogP contribution in [0.1, 0.15) is 19.3 Å². The number of fused-ring (bicyclic) bond motifs is 1. The molecule has 1 aromatic carbocycles. The first-order valence-corrected chi connectivity index (χ1v) is 8.93. The molecule has 1 amide bonds. The number of hydrogen-bond acceptors (Lipinski definition) is 6. The lowest BCUT2D eigenvalue weighted by atomic mass is 9.93. The van der Waals surface area contributed by atoms with E-state index in [4.69, 9.17) is 10.2 Å². The number of para-hydroxylation sites is 2. The van der Waals surface area contributed by atoms with Gasteiger partial charge in [-0.1, -0.05) is 12.1 Å². The maximum atomic E-state index is 12.7. The zero-order valence-corrected chi connectivity index (χ0v) is 14.2. The number of nitrogens with two attached hydrogens (primary N) is 1. The Bertz CT molecular complexity index is 711. The summed E-state index contributed by atoms with van der Waals surface area (Å²) in [4.78, 5) is 21.1. The molecule has 3 heterocycles. The van der Waals surface area contributed by atoms with Crippen LogP contribution in [0.3, 0.4) is 0 Å². The third-order valence-corrected chi connectivity index (χ3v) is 5.17. The molecule has 2 atom stereocenters. The van der Waals surface area contributed by atoms with E-state index in [1.807, 2.05) is 24.3 Å². The van der Waals surface area contributed by atoms with E-state index < -0.39 is 6.10 Å². The molecule has 7 nitrogen and oxygen atoms in total. The number of aromatic nitrogens is 1. The predicted octanol–water partition coefficient (Wildman–Crippen LogP) is 0.965. The number of anilines is 1. The van der Waals surface area contributed by atoms with Gasteiger partial charge in [0.05, 0.1) is 6.10 Å². The van der Waals surface area contributed by atoms with Crippen molar-refractivity contribution in [1.82, 2.24) is 9.88 Å². The van der Waals surface area contributed by atoms with Crippen LogP contribution in [0.25, 0.3) is 11.1 Å². The Morgan fingerprint density at radius 1 is 1.24 bits per heavy atom. The van der Waals surface area contributed by atoms with E-state index in [-0.39, 0.29) is 17.9 Å². The van der Waals surface area contributed by atoms with Gasteiger partial charge in [0.15, 0.2) is 5.58 Å².